The predicted molar refractivity (Wildman–Crippen MR) is 67.5 cm³/mol. The molecule has 2 aliphatic heterocycles. The Morgan fingerprint density at radius 2 is 2.00 bits per heavy atom. The highest BCUT2D eigenvalue weighted by molar-refractivity contribution is 7.91. The van der Waals surface area contributed by atoms with Gasteiger partial charge in [-0.15, -0.1) is 0 Å². The average molecular weight is 290 g/mol. The lowest BCUT2D eigenvalue weighted by Gasteiger charge is -2.19. The van der Waals surface area contributed by atoms with E-state index >= 15 is 0 Å². The molecule has 3 unspecified atom stereocenters. The number of rotatable bonds is 2. The van der Waals surface area contributed by atoms with Gasteiger partial charge < -0.3 is 15.3 Å². The van der Waals surface area contributed by atoms with E-state index in [0.717, 1.165) is 0 Å². The SMILES string of the molecule is CC1CN(C(=O)NC2CCS(=O)(=O)C2)CC1C(=O)O. The average Bonchev–Trinajstić information content (AvgIpc) is 2.82. The summed E-state index contributed by atoms with van der Waals surface area (Å²) in [4.78, 5) is 24.4. The second-order valence-electron chi connectivity index (χ2n) is 5.38. The van der Waals surface area contributed by atoms with Crippen LogP contribution in [0, 0.1) is 11.8 Å². The first-order valence-electron chi connectivity index (χ1n) is 6.27. The Balaban J connectivity index is 1.90. The van der Waals surface area contributed by atoms with Gasteiger partial charge in [-0.1, -0.05) is 6.92 Å². The zero-order valence-corrected chi connectivity index (χ0v) is 11.5. The number of urea groups is 1. The standard InChI is InChI=1S/C11H18N2O5S/c1-7-4-13(5-9(7)10(14)15)11(16)12-8-2-3-19(17,18)6-8/h7-9H,2-6H2,1H3,(H,12,16)(H,14,15). The molecule has 0 aromatic carbocycles. The topological polar surface area (TPSA) is 104 Å². The van der Waals surface area contributed by atoms with Gasteiger partial charge in [0.1, 0.15) is 0 Å². The minimum atomic E-state index is -3.03. The van der Waals surface area contributed by atoms with Gasteiger partial charge >= 0.3 is 12.0 Å². The highest BCUT2D eigenvalue weighted by Crippen LogP contribution is 2.23. The maximum absolute atomic E-state index is 12.0. The number of carbonyl (C=O) groups is 2. The molecule has 0 spiro atoms. The van der Waals surface area contributed by atoms with Gasteiger partial charge in [0.25, 0.3) is 0 Å². The van der Waals surface area contributed by atoms with Crippen LogP contribution in [0.1, 0.15) is 13.3 Å². The first-order chi connectivity index (χ1) is 8.78. The third-order valence-corrected chi connectivity index (χ3v) is 5.54. The van der Waals surface area contributed by atoms with Gasteiger partial charge in [-0.2, -0.15) is 0 Å². The lowest BCUT2D eigenvalue weighted by molar-refractivity contribution is -0.142. The van der Waals surface area contributed by atoms with E-state index in [1.54, 1.807) is 6.92 Å². The number of carboxylic acids is 1. The van der Waals surface area contributed by atoms with E-state index in [1.165, 1.54) is 4.90 Å². The van der Waals surface area contributed by atoms with E-state index in [4.69, 9.17) is 5.11 Å². The van der Waals surface area contributed by atoms with Crippen LogP contribution >= 0.6 is 0 Å². The van der Waals surface area contributed by atoms with Crippen molar-refractivity contribution in [1.82, 2.24) is 10.2 Å². The van der Waals surface area contributed by atoms with Crippen molar-refractivity contribution in [1.29, 1.82) is 0 Å². The molecule has 19 heavy (non-hydrogen) atoms. The van der Waals surface area contributed by atoms with Gasteiger partial charge in [0.05, 0.1) is 17.4 Å². The van der Waals surface area contributed by atoms with E-state index < -0.39 is 21.7 Å². The molecule has 2 rings (SSSR count). The molecule has 0 aromatic rings. The van der Waals surface area contributed by atoms with E-state index in [1.807, 2.05) is 0 Å². The summed E-state index contributed by atoms with van der Waals surface area (Å²) in [5.41, 5.74) is 0. The van der Waals surface area contributed by atoms with Crippen LogP contribution in [-0.4, -0.2) is 61.1 Å². The Morgan fingerprint density at radius 3 is 2.47 bits per heavy atom. The molecule has 3 atom stereocenters. The summed E-state index contributed by atoms with van der Waals surface area (Å²) in [7, 11) is -3.03. The highest BCUT2D eigenvalue weighted by Gasteiger charge is 2.38. The highest BCUT2D eigenvalue weighted by atomic mass is 32.2. The maximum atomic E-state index is 12.0. The summed E-state index contributed by atoms with van der Waals surface area (Å²) >= 11 is 0. The number of carboxylic acid groups (broad SMARTS) is 1. The second kappa shape index (κ2) is 4.99. The van der Waals surface area contributed by atoms with E-state index in [0.29, 0.717) is 13.0 Å². The molecular weight excluding hydrogens is 272 g/mol. The maximum Gasteiger partial charge on any atom is 0.317 e. The van der Waals surface area contributed by atoms with Crippen LogP contribution in [0.15, 0.2) is 0 Å². The summed E-state index contributed by atoms with van der Waals surface area (Å²) in [6, 6.07) is -0.714. The third-order valence-electron chi connectivity index (χ3n) is 3.78. The predicted octanol–water partition coefficient (Wildman–Crippen LogP) is -0.464. The number of sulfone groups is 1. The van der Waals surface area contributed by atoms with E-state index in [9.17, 15) is 18.0 Å². The van der Waals surface area contributed by atoms with E-state index in [2.05, 4.69) is 5.32 Å². The van der Waals surface area contributed by atoms with E-state index in [-0.39, 0.29) is 36.0 Å². The minimum Gasteiger partial charge on any atom is -0.481 e. The third kappa shape index (κ3) is 3.17. The quantitative estimate of drug-likeness (QED) is 0.716. The Morgan fingerprint density at radius 1 is 1.32 bits per heavy atom. The number of carbonyl (C=O) groups excluding carboxylic acids is 1. The molecule has 0 aliphatic carbocycles. The summed E-state index contributed by atoms with van der Waals surface area (Å²) in [5.74, 6) is -1.45. The van der Waals surface area contributed by atoms with Crippen molar-refractivity contribution in [3.05, 3.63) is 0 Å². The fourth-order valence-corrected chi connectivity index (χ4v) is 4.30. The fourth-order valence-electron chi connectivity index (χ4n) is 2.63. The van der Waals surface area contributed by atoms with Crippen LogP contribution in [0.5, 0.6) is 0 Å². The first-order valence-corrected chi connectivity index (χ1v) is 8.09. The van der Waals surface area contributed by atoms with Crippen molar-refractivity contribution in [3.8, 4) is 0 Å². The van der Waals surface area contributed by atoms with Crippen molar-refractivity contribution in [2.24, 2.45) is 11.8 Å². The number of likely N-dealkylation sites (tertiary alicyclic amines) is 1. The Bertz CT molecular complexity index is 489. The van der Waals surface area contributed by atoms with Crippen LogP contribution in [0.3, 0.4) is 0 Å². The zero-order chi connectivity index (χ0) is 14.2. The normalized spacial score (nSPS) is 33.3. The molecule has 108 valence electrons. The molecule has 2 fully saturated rings. The zero-order valence-electron chi connectivity index (χ0n) is 10.7. The van der Waals surface area contributed by atoms with Gasteiger partial charge in [0.15, 0.2) is 9.84 Å². The Hall–Kier alpha value is -1.31. The molecule has 8 heteroatoms. The molecule has 0 saturated carbocycles. The molecule has 2 aliphatic rings. The molecule has 0 bridgehead atoms. The van der Waals surface area contributed by atoms with Crippen LogP contribution in [-0.2, 0) is 14.6 Å². The number of nitrogens with one attached hydrogen (secondary N) is 1. The van der Waals surface area contributed by atoms with Crippen LogP contribution in [0.25, 0.3) is 0 Å². The van der Waals surface area contributed by atoms with Crippen molar-refractivity contribution >= 4 is 21.8 Å². The molecule has 0 radical (unpaired) electrons. The van der Waals surface area contributed by atoms with Crippen molar-refractivity contribution < 1.29 is 23.1 Å². The smallest absolute Gasteiger partial charge is 0.317 e. The molecule has 2 heterocycles. The van der Waals surface area contributed by atoms with Gasteiger partial charge in [-0.3, -0.25) is 4.79 Å². The fraction of sp³-hybridized carbons (Fsp3) is 0.818. The summed E-state index contributed by atoms with van der Waals surface area (Å²) in [6.07, 6.45) is 0.430. The van der Waals surface area contributed by atoms with Crippen LogP contribution < -0.4 is 5.32 Å². The first kappa shape index (κ1) is 14.1. The van der Waals surface area contributed by atoms with Gasteiger partial charge in [-0.25, -0.2) is 13.2 Å². The molecular formula is C11H18N2O5S. The lowest BCUT2D eigenvalue weighted by atomic mass is 9.99. The molecule has 2 N–H and O–H groups in total. The van der Waals surface area contributed by atoms with Crippen LogP contribution in [0.2, 0.25) is 0 Å². The summed E-state index contributed by atoms with van der Waals surface area (Å²) in [6.45, 7) is 2.37. The van der Waals surface area contributed by atoms with Crippen molar-refractivity contribution in [2.45, 2.75) is 19.4 Å². The van der Waals surface area contributed by atoms with Crippen LogP contribution in [0.4, 0.5) is 4.79 Å². The molecule has 2 saturated heterocycles. The number of hydrogen-bond donors (Lipinski definition) is 2. The largest absolute Gasteiger partial charge is 0.481 e. The number of hydrogen-bond acceptors (Lipinski definition) is 4. The molecule has 0 aromatic heterocycles. The Labute approximate surface area is 111 Å². The van der Waals surface area contributed by atoms with Gasteiger partial charge in [0, 0.05) is 19.1 Å². The molecule has 2 amide bonds. The summed E-state index contributed by atoms with van der Waals surface area (Å²) < 4.78 is 22.6. The second-order valence-corrected chi connectivity index (χ2v) is 7.61. The summed E-state index contributed by atoms with van der Waals surface area (Å²) in [5, 5.41) is 11.7. The van der Waals surface area contributed by atoms with Crippen molar-refractivity contribution in [3.63, 3.8) is 0 Å². The van der Waals surface area contributed by atoms with Gasteiger partial charge in [0.2, 0.25) is 0 Å². The monoisotopic (exact) mass is 290 g/mol. The Kier molecular flexibility index (Phi) is 3.71. The lowest BCUT2D eigenvalue weighted by Crippen LogP contribution is -2.44. The number of amides is 2. The number of aliphatic carboxylic acids is 1. The molecule has 7 nitrogen and oxygen atoms in total. The number of nitrogens with zero attached hydrogens (tertiary/aromatic N) is 1. The van der Waals surface area contributed by atoms with Gasteiger partial charge in [-0.05, 0) is 12.3 Å². The minimum absolute atomic E-state index is 0.0233. The van der Waals surface area contributed by atoms with Crippen molar-refractivity contribution in [2.75, 3.05) is 24.6 Å².